The van der Waals surface area contributed by atoms with Crippen molar-refractivity contribution in [2.45, 2.75) is 26.8 Å². The molecule has 6 nitrogen and oxygen atoms in total. The lowest BCUT2D eigenvalue weighted by atomic mass is 10.1. The number of hydrogen-bond acceptors (Lipinski definition) is 4. The maximum atomic E-state index is 12.7. The number of aromatic nitrogens is 1. The van der Waals surface area contributed by atoms with Crippen LogP contribution in [-0.2, 0) is 0 Å². The average molecular weight is 299 g/mol. The molecular formula is C16H17N3O3. The lowest BCUT2D eigenvalue weighted by molar-refractivity contribution is -0.385. The highest BCUT2D eigenvalue weighted by Gasteiger charge is 2.19. The van der Waals surface area contributed by atoms with E-state index >= 15 is 0 Å². The number of carbonyl (C=O) groups excluding carboxylic acids is 1. The number of nitrogens with zero attached hydrogens (tertiary/aromatic N) is 3. The Labute approximate surface area is 127 Å². The van der Waals surface area contributed by atoms with Crippen molar-refractivity contribution in [3.05, 3.63) is 69.3 Å². The summed E-state index contributed by atoms with van der Waals surface area (Å²) in [6.45, 7) is 5.41. The first-order chi connectivity index (χ1) is 10.4. The third kappa shape index (κ3) is 3.11. The molecule has 22 heavy (non-hydrogen) atoms. The summed E-state index contributed by atoms with van der Waals surface area (Å²) in [6.07, 6.45) is 1.61. The van der Waals surface area contributed by atoms with E-state index in [1.165, 1.54) is 16.7 Å². The molecule has 6 heteroatoms. The van der Waals surface area contributed by atoms with E-state index in [4.69, 9.17) is 0 Å². The first kappa shape index (κ1) is 15.6. The molecule has 2 aromatic rings. The normalized spacial score (nSPS) is 11.7. The SMILES string of the molecule is Cc1c(C(=O)n2ccccc2=NC(C)C)cccc1[N+](=O)[O-]. The summed E-state index contributed by atoms with van der Waals surface area (Å²) in [7, 11) is 0. The van der Waals surface area contributed by atoms with Gasteiger partial charge in [0.2, 0.25) is 0 Å². The van der Waals surface area contributed by atoms with Crippen molar-refractivity contribution in [1.82, 2.24) is 4.57 Å². The van der Waals surface area contributed by atoms with Gasteiger partial charge in [-0.1, -0.05) is 12.1 Å². The van der Waals surface area contributed by atoms with Gasteiger partial charge in [0.1, 0.15) is 5.49 Å². The van der Waals surface area contributed by atoms with Crippen LogP contribution < -0.4 is 5.49 Å². The summed E-state index contributed by atoms with van der Waals surface area (Å²) < 4.78 is 1.41. The highest BCUT2D eigenvalue weighted by atomic mass is 16.6. The lowest BCUT2D eigenvalue weighted by Crippen LogP contribution is -2.28. The van der Waals surface area contributed by atoms with Crippen LogP contribution in [0.25, 0.3) is 0 Å². The van der Waals surface area contributed by atoms with E-state index in [0.29, 0.717) is 16.6 Å². The Balaban J connectivity index is 2.60. The van der Waals surface area contributed by atoms with Crippen LogP contribution in [-0.4, -0.2) is 21.4 Å². The van der Waals surface area contributed by atoms with Gasteiger partial charge in [-0.15, -0.1) is 0 Å². The fourth-order valence-electron chi connectivity index (χ4n) is 2.16. The van der Waals surface area contributed by atoms with Crippen LogP contribution in [0, 0.1) is 17.0 Å². The van der Waals surface area contributed by atoms with Crippen molar-refractivity contribution in [3.8, 4) is 0 Å². The maximum absolute atomic E-state index is 12.7. The fourth-order valence-corrected chi connectivity index (χ4v) is 2.16. The summed E-state index contributed by atoms with van der Waals surface area (Å²) in [5.74, 6) is -0.332. The Hall–Kier alpha value is -2.76. The predicted molar refractivity (Wildman–Crippen MR) is 82.7 cm³/mol. The van der Waals surface area contributed by atoms with Crippen LogP contribution in [0.3, 0.4) is 0 Å². The van der Waals surface area contributed by atoms with Crippen molar-refractivity contribution in [2.24, 2.45) is 4.99 Å². The number of pyridine rings is 1. The number of benzene rings is 1. The molecule has 0 aliphatic carbocycles. The second-order valence-corrected chi connectivity index (χ2v) is 5.16. The zero-order chi connectivity index (χ0) is 16.3. The van der Waals surface area contributed by atoms with Crippen molar-refractivity contribution < 1.29 is 9.72 Å². The largest absolute Gasteiger partial charge is 0.273 e. The molecule has 1 aromatic heterocycles. The minimum atomic E-state index is -0.485. The molecule has 0 amide bonds. The van der Waals surface area contributed by atoms with E-state index < -0.39 is 4.92 Å². The molecule has 0 saturated carbocycles. The summed E-state index contributed by atoms with van der Waals surface area (Å²) in [4.78, 5) is 27.7. The van der Waals surface area contributed by atoms with Crippen LogP contribution in [0.1, 0.15) is 29.8 Å². The van der Waals surface area contributed by atoms with E-state index in [-0.39, 0.29) is 17.6 Å². The Morgan fingerprint density at radius 3 is 2.59 bits per heavy atom. The van der Waals surface area contributed by atoms with Gasteiger partial charge in [-0.2, -0.15) is 0 Å². The van der Waals surface area contributed by atoms with Crippen LogP contribution in [0.5, 0.6) is 0 Å². The second kappa shape index (κ2) is 6.34. The molecule has 0 saturated heterocycles. The molecular weight excluding hydrogens is 282 g/mol. The Morgan fingerprint density at radius 1 is 1.23 bits per heavy atom. The molecule has 2 rings (SSSR count). The van der Waals surface area contributed by atoms with Crippen molar-refractivity contribution in [2.75, 3.05) is 0 Å². The number of nitro groups is 1. The Kier molecular flexibility index (Phi) is 4.50. The maximum Gasteiger partial charge on any atom is 0.273 e. The first-order valence-corrected chi connectivity index (χ1v) is 6.92. The molecule has 0 aliphatic heterocycles. The van der Waals surface area contributed by atoms with Crippen LogP contribution in [0.4, 0.5) is 5.69 Å². The molecule has 0 N–H and O–H groups in total. The number of nitro benzene ring substituents is 1. The minimum absolute atomic E-state index is 0.0349. The third-order valence-corrected chi connectivity index (χ3v) is 3.18. The highest BCUT2D eigenvalue weighted by Crippen LogP contribution is 2.21. The molecule has 0 spiro atoms. The van der Waals surface area contributed by atoms with E-state index in [9.17, 15) is 14.9 Å². The third-order valence-electron chi connectivity index (χ3n) is 3.18. The van der Waals surface area contributed by atoms with Gasteiger partial charge in [0.05, 0.1) is 10.5 Å². The highest BCUT2D eigenvalue weighted by molar-refractivity contribution is 5.98. The van der Waals surface area contributed by atoms with Crippen molar-refractivity contribution >= 4 is 11.6 Å². The Bertz CT molecular complexity index is 791. The first-order valence-electron chi connectivity index (χ1n) is 6.92. The van der Waals surface area contributed by atoms with E-state index in [0.717, 1.165) is 0 Å². The molecule has 0 bridgehead atoms. The molecule has 0 aliphatic rings. The zero-order valence-electron chi connectivity index (χ0n) is 12.7. The van der Waals surface area contributed by atoms with Gasteiger partial charge in [0.25, 0.3) is 11.6 Å². The van der Waals surface area contributed by atoms with Gasteiger partial charge in [0.15, 0.2) is 0 Å². The van der Waals surface area contributed by atoms with Gasteiger partial charge in [-0.25, -0.2) is 0 Å². The molecule has 114 valence electrons. The lowest BCUT2D eigenvalue weighted by Gasteiger charge is -2.09. The molecule has 0 radical (unpaired) electrons. The topological polar surface area (TPSA) is 77.5 Å². The Morgan fingerprint density at radius 2 is 1.95 bits per heavy atom. The summed E-state index contributed by atoms with van der Waals surface area (Å²) >= 11 is 0. The summed E-state index contributed by atoms with van der Waals surface area (Å²) in [5, 5.41) is 11.0. The molecule has 0 fully saturated rings. The number of carbonyl (C=O) groups is 1. The second-order valence-electron chi connectivity index (χ2n) is 5.16. The monoisotopic (exact) mass is 299 g/mol. The smallest absolute Gasteiger partial charge is 0.268 e. The quantitative estimate of drug-likeness (QED) is 0.645. The number of rotatable bonds is 3. The van der Waals surface area contributed by atoms with Crippen molar-refractivity contribution in [1.29, 1.82) is 0 Å². The van der Waals surface area contributed by atoms with Gasteiger partial charge in [-0.3, -0.25) is 24.5 Å². The predicted octanol–water partition coefficient (Wildman–Crippen LogP) is 2.70. The summed E-state index contributed by atoms with van der Waals surface area (Å²) in [5.41, 5.74) is 1.10. The van der Waals surface area contributed by atoms with Gasteiger partial charge in [0, 0.05) is 23.9 Å². The van der Waals surface area contributed by atoms with Gasteiger partial charge < -0.3 is 0 Å². The standard InChI is InChI=1S/C16H17N3O3/c1-11(2)17-15-9-4-5-10-18(15)16(20)13-7-6-8-14(12(13)3)19(21)22/h4-11H,1-3H3. The average Bonchev–Trinajstić information content (AvgIpc) is 2.46. The van der Waals surface area contributed by atoms with Crippen LogP contribution >= 0.6 is 0 Å². The molecule has 0 unspecified atom stereocenters. The van der Waals surface area contributed by atoms with Crippen LogP contribution in [0.2, 0.25) is 0 Å². The van der Waals surface area contributed by atoms with Crippen molar-refractivity contribution in [3.63, 3.8) is 0 Å². The molecule has 1 heterocycles. The fraction of sp³-hybridized carbons (Fsp3) is 0.250. The summed E-state index contributed by atoms with van der Waals surface area (Å²) in [6, 6.07) is 9.79. The molecule has 0 atom stereocenters. The van der Waals surface area contributed by atoms with E-state index in [2.05, 4.69) is 4.99 Å². The van der Waals surface area contributed by atoms with E-state index in [1.54, 1.807) is 37.4 Å². The minimum Gasteiger partial charge on any atom is -0.268 e. The van der Waals surface area contributed by atoms with E-state index in [1.807, 2.05) is 13.8 Å². The molecule has 1 aromatic carbocycles. The van der Waals surface area contributed by atoms with Gasteiger partial charge in [-0.05, 0) is 39.0 Å². The zero-order valence-corrected chi connectivity index (χ0v) is 12.7. The number of hydrogen-bond donors (Lipinski definition) is 0. The van der Waals surface area contributed by atoms with Gasteiger partial charge >= 0.3 is 0 Å². The van der Waals surface area contributed by atoms with Crippen LogP contribution in [0.15, 0.2) is 47.6 Å².